The summed E-state index contributed by atoms with van der Waals surface area (Å²) in [6, 6.07) is -0.235. The van der Waals surface area contributed by atoms with E-state index in [-0.39, 0.29) is 18.1 Å². The molecule has 5 nitrogen and oxygen atoms in total. The van der Waals surface area contributed by atoms with Gasteiger partial charge in [-0.15, -0.1) is 0 Å². The van der Waals surface area contributed by atoms with Crippen LogP contribution in [0.25, 0.3) is 0 Å². The van der Waals surface area contributed by atoms with Crippen LogP contribution in [0.2, 0.25) is 0 Å². The number of nitrogens with one attached hydrogen (secondary N) is 2. The summed E-state index contributed by atoms with van der Waals surface area (Å²) < 4.78 is 0. The maximum atomic E-state index is 11.7. The van der Waals surface area contributed by atoms with E-state index >= 15 is 0 Å². The molecule has 0 spiro atoms. The van der Waals surface area contributed by atoms with Gasteiger partial charge in [-0.25, -0.2) is 4.79 Å². The van der Waals surface area contributed by atoms with Gasteiger partial charge in [0.2, 0.25) is 0 Å². The molecule has 3 N–H and O–H groups in total. The quantitative estimate of drug-likeness (QED) is 0.716. The minimum Gasteiger partial charge on any atom is -0.481 e. The van der Waals surface area contributed by atoms with Crippen LogP contribution in [0.5, 0.6) is 0 Å². The van der Waals surface area contributed by atoms with E-state index in [9.17, 15) is 14.7 Å². The molecule has 0 atom stereocenters. The topological polar surface area (TPSA) is 78.4 Å². The summed E-state index contributed by atoms with van der Waals surface area (Å²) in [6.45, 7) is 2.24. The highest BCUT2D eigenvalue weighted by Crippen LogP contribution is 2.36. The minimum absolute atomic E-state index is 0.0625. The lowest BCUT2D eigenvalue weighted by molar-refractivity contribution is -0.150. The van der Waals surface area contributed by atoms with Gasteiger partial charge in [-0.05, 0) is 32.6 Å². The molecule has 18 heavy (non-hydrogen) atoms. The normalized spacial score (nSPS) is 24.1. The fourth-order valence-electron chi connectivity index (χ4n) is 2.58. The molecule has 2 fully saturated rings. The molecule has 0 unspecified atom stereocenters. The molecule has 0 aromatic rings. The predicted octanol–water partition coefficient (Wildman–Crippen LogP) is 1.87. The van der Waals surface area contributed by atoms with Crippen molar-refractivity contribution in [1.82, 2.24) is 10.6 Å². The van der Waals surface area contributed by atoms with Gasteiger partial charge in [-0.1, -0.05) is 19.3 Å². The molecule has 102 valence electrons. The van der Waals surface area contributed by atoms with E-state index < -0.39 is 11.4 Å². The molecule has 0 bridgehead atoms. The molecule has 2 amide bonds. The molecule has 0 saturated heterocycles. The molecule has 2 aliphatic carbocycles. The fraction of sp³-hybridized carbons (Fsp3) is 0.846. The van der Waals surface area contributed by atoms with Gasteiger partial charge in [0, 0.05) is 12.1 Å². The van der Waals surface area contributed by atoms with Crippen LogP contribution in [0.15, 0.2) is 0 Å². The molecular formula is C13H22N2O3. The number of amides is 2. The third kappa shape index (κ3) is 2.94. The Hall–Kier alpha value is -1.26. The number of rotatable bonds is 4. The largest absolute Gasteiger partial charge is 0.481 e. The molecule has 0 heterocycles. The van der Waals surface area contributed by atoms with E-state index in [0.29, 0.717) is 12.8 Å². The summed E-state index contributed by atoms with van der Waals surface area (Å²) >= 11 is 0. The van der Waals surface area contributed by atoms with Crippen molar-refractivity contribution in [1.29, 1.82) is 0 Å². The maximum absolute atomic E-state index is 11.7. The lowest BCUT2D eigenvalue weighted by Gasteiger charge is -2.33. The van der Waals surface area contributed by atoms with Crippen molar-refractivity contribution in [2.45, 2.75) is 57.4 Å². The Morgan fingerprint density at radius 2 is 1.72 bits per heavy atom. The van der Waals surface area contributed by atoms with E-state index in [1.54, 1.807) is 0 Å². The molecular weight excluding hydrogens is 232 g/mol. The Kier molecular flexibility index (Phi) is 3.50. The van der Waals surface area contributed by atoms with Crippen molar-refractivity contribution >= 4 is 12.0 Å². The number of urea groups is 1. The number of carbonyl (C=O) groups excluding carboxylic acids is 1. The van der Waals surface area contributed by atoms with Gasteiger partial charge in [-0.2, -0.15) is 0 Å². The van der Waals surface area contributed by atoms with Gasteiger partial charge in [-0.3, -0.25) is 4.79 Å². The zero-order chi connectivity index (χ0) is 13.2. The van der Waals surface area contributed by atoms with Gasteiger partial charge in [0.15, 0.2) is 0 Å². The van der Waals surface area contributed by atoms with Crippen molar-refractivity contribution in [3.63, 3.8) is 0 Å². The first-order valence-electron chi connectivity index (χ1n) is 6.75. The zero-order valence-electron chi connectivity index (χ0n) is 10.9. The summed E-state index contributed by atoms with van der Waals surface area (Å²) in [5, 5.41) is 15.0. The van der Waals surface area contributed by atoms with Crippen LogP contribution in [0.3, 0.4) is 0 Å². The Labute approximate surface area is 107 Å². The second-order valence-electron chi connectivity index (χ2n) is 6.01. The van der Waals surface area contributed by atoms with Crippen molar-refractivity contribution in [3.8, 4) is 0 Å². The third-order valence-electron chi connectivity index (χ3n) is 4.27. The first kappa shape index (κ1) is 13.2. The van der Waals surface area contributed by atoms with Gasteiger partial charge < -0.3 is 15.7 Å². The summed E-state index contributed by atoms with van der Waals surface area (Å²) in [5.41, 5.74) is -0.812. The Morgan fingerprint density at radius 3 is 2.22 bits per heavy atom. The number of carboxylic acids is 1. The third-order valence-corrected chi connectivity index (χ3v) is 4.27. The summed E-state index contributed by atoms with van der Waals surface area (Å²) in [4.78, 5) is 23.1. The average molecular weight is 254 g/mol. The smallest absolute Gasteiger partial charge is 0.315 e. The Balaban J connectivity index is 1.85. The number of aliphatic carboxylic acids is 1. The van der Waals surface area contributed by atoms with E-state index in [1.807, 2.05) is 6.92 Å². The highest BCUT2D eigenvalue weighted by Gasteiger charge is 2.41. The second kappa shape index (κ2) is 4.78. The van der Waals surface area contributed by atoms with E-state index in [1.165, 1.54) is 0 Å². The fourth-order valence-corrected chi connectivity index (χ4v) is 2.58. The van der Waals surface area contributed by atoms with Crippen LogP contribution in [-0.4, -0.2) is 29.2 Å². The summed E-state index contributed by atoms with van der Waals surface area (Å²) in [5.74, 6) is -0.778. The standard InChI is InChI=1S/C13H22N2O3/c1-12(7-8-12)15-11(18)14-9-13(10(16)17)5-3-2-4-6-13/h2-9H2,1H3,(H,16,17)(H2,14,15,18). The summed E-state index contributed by atoms with van der Waals surface area (Å²) in [7, 11) is 0. The van der Waals surface area contributed by atoms with Crippen molar-refractivity contribution in [2.75, 3.05) is 6.54 Å². The SMILES string of the molecule is CC1(NC(=O)NCC2(C(=O)O)CCCCC2)CC1. The molecule has 5 heteroatoms. The molecule has 0 aromatic carbocycles. The van der Waals surface area contributed by atoms with Crippen LogP contribution in [0.1, 0.15) is 51.9 Å². The van der Waals surface area contributed by atoms with Crippen molar-refractivity contribution in [2.24, 2.45) is 5.41 Å². The lowest BCUT2D eigenvalue weighted by Crippen LogP contribution is -2.49. The second-order valence-corrected chi connectivity index (χ2v) is 6.01. The molecule has 2 saturated carbocycles. The highest BCUT2D eigenvalue weighted by molar-refractivity contribution is 5.78. The number of carbonyl (C=O) groups is 2. The molecule has 0 aliphatic heterocycles. The van der Waals surface area contributed by atoms with Crippen LogP contribution in [-0.2, 0) is 4.79 Å². The molecule has 0 aromatic heterocycles. The predicted molar refractivity (Wildman–Crippen MR) is 67.3 cm³/mol. The van der Waals surface area contributed by atoms with Crippen LogP contribution in [0.4, 0.5) is 4.79 Å². The van der Waals surface area contributed by atoms with E-state index in [0.717, 1.165) is 32.1 Å². The summed E-state index contributed by atoms with van der Waals surface area (Å²) in [6.07, 6.45) is 6.31. The van der Waals surface area contributed by atoms with E-state index in [4.69, 9.17) is 0 Å². The van der Waals surface area contributed by atoms with E-state index in [2.05, 4.69) is 10.6 Å². The molecule has 2 aliphatic rings. The number of hydrogen-bond donors (Lipinski definition) is 3. The Morgan fingerprint density at radius 1 is 1.11 bits per heavy atom. The van der Waals surface area contributed by atoms with Gasteiger partial charge in [0.05, 0.1) is 5.41 Å². The van der Waals surface area contributed by atoms with Crippen LogP contribution in [0, 0.1) is 5.41 Å². The van der Waals surface area contributed by atoms with Crippen LogP contribution >= 0.6 is 0 Å². The first-order chi connectivity index (χ1) is 8.46. The first-order valence-corrected chi connectivity index (χ1v) is 6.75. The van der Waals surface area contributed by atoms with Crippen molar-refractivity contribution in [3.05, 3.63) is 0 Å². The molecule has 2 rings (SSSR count). The maximum Gasteiger partial charge on any atom is 0.315 e. The molecule has 0 radical (unpaired) electrons. The zero-order valence-corrected chi connectivity index (χ0v) is 10.9. The average Bonchev–Trinajstić information content (AvgIpc) is 3.05. The monoisotopic (exact) mass is 254 g/mol. The highest BCUT2D eigenvalue weighted by atomic mass is 16.4. The minimum atomic E-state index is -0.778. The van der Waals surface area contributed by atoms with Gasteiger partial charge in [0.25, 0.3) is 0 Å². The lowest BCUT2D eigenvalue weighted by atomic mass is 9.74. The van der Waals surface area contributed by atoms with Gasteiger partial charge >= 0.3 is 12.0 Å². The van der Waals surface area contributed by atoms with Crippen molar-refractivity contribution < 1.29 is 14.7 Å². The Bertz CT molecular complexity index is 344. The van der Waals surface area contributed by atoms with Crippen LogP contribution < -0.4 is 10.6 Å². The van der Waals surface area contributed by atoms with Gasteiger partial charge in [0.1, 0.15) is 0 Å². The number of carboxylic acid groups (broad SMARTS) is 1. The number of hydrogen-bond acceptors (Lipinski definition) is 2.